The molecule has 0 bridgehead atoms. The first-order valence-corrected chi connectivity index (χ1v) is 13.0. The van der Waals surface area contributed by atoms with E-state index in [9.17, 15) is 4.79 Å². The van der Waals surface area contributed by atoms with Crippen molar-refractivity contribution in [3.05, 3.63) is 0 Å². The van der Waals surface area contributed by atoms with Gasteiger partial charge in [-0.15, -0.1) is 0 Å². The number of unbranched alkanes of at least 4 members (excludes halogenated alkanes) is 18. The molecular weight excluding hydrogens is 342 g/mol. The van der Waals surface area contributed by atoms with Crippen molar-refractivity contribution in [1.29, 1.82) is 0 Å². The molecule has 1 amide bonds. The van der Waals surface area contributed by atoms with Crippen LogP contribution in [0.25, 0.3) is 0 Å². The van der Waals surface area contributed by atoms with Crippen LogP contribution < -0.4 is 5.73 Å². The Balaban J connectivity index is 3.45. The van der Waals surface area contributed by atoms with Gasteiger partial charge in [0.2, 0.25) is 5.91 Å². The van der Waals surface area contributed by atoms with Crippen molar-refractivity contribution in [2.24, 2.45) is 11.7 Å². The number of primary amides is 1. The summed E-state index contributed by atoms with van der Waals surface area (Å²) in [5.41, 5.74) is 5.64. The fraction of sp³-hybridized carbons (Fsp3) is 0.962. The third-order valence-electron chi connectivity index (χ3n) is 6.21. The zero-order valence-electron chi connectivity index (χ0n) is 19.6. The highest BCUT2D eigenvalue weighted by molar-refractivity contribution is 5.76. The van der Waals surface area contributed by atoms with E-state index in [1.165, 1.54) is 128 Å². The number of carbonyl (C=O) groups is 1. The van der Waals surface area contributed by atoms with Gasteiger partial charge in [-0.2, -0.15) is 0 Å². The molecule has 0 aliphatic rings. The first-order chi connectivity index (χ1) is 13.7. The maximum Gasteiger partial charge on any atom is 0.220 e. The summed E-state index contributed by atoms with van der Waals surface area (Å²) in [5, 5.41) is 0. The molecule has 0 aromatic rings. The lowest BCUT2D eigenvalue weighted by Gasteiger charge is -2.13. The average molecular weight is 396 g/mol. The van der Waals surface area contributed by atoms with Crippen molar-refractivity contribution in [3.63, 3.8) is 0 Å². The van der Waals surface area contributed by atoms with E-state index in [0.717, 1.165) is 12.8 Å². The molecule has 0 saturated heterocycles. The van der Waals surface area contributed by atoms with E-state index in [0.29, 0.717) is 0 Å². The Labute approximate surface area is 177 Å². The molecule has 0 unspecified atom stereocenters. The van der Waals surface area contributed by atoms with Gasteiger partial charge >= 0.3 is 0 Å². The predicted octanol–water partition coefficient (Wildman–Crippen LogP) is 8.71. The van der Waals surface area contributed by atoms with Crippen LogP contribution in [0.3, 0.4) is 0 Å². The zero-order chi connectivity index (χ0) is 20.7. The van der Waals surface area contributed by atoms with E-state index in [2.05, 4.69) is 13.8 Å². The minimum atomic E-state index is -0.0631. The maximum absolute atomic E-state index is 11.7. The minimum absolute atomic E-state index is 0.0631. The molecule has 0 heterocycles. The number of rotatable bonds is 23. The van der Waals surface area contributed by atoms with Gasteiger partial charge in [-0.1, -0.05) is 142 Å². The monoisotopic (exact) mass is 395 g/mol. The van der Waals surface area contributed by atoms with Crippen molar-refractivity contribution >= 4 is 5.91 Å². The molecule has 0 fully saturated rings. The van der Waals surface area contributed by atoms with Crippen LogP contribution >= 0.6 is 0 Å². The van der Waals surface area contributed by atoms with E-state index in [-0.39, 0.29) is 11.8 Å². The molecule has 0 saturated carbocycles. The van der Waals surface area contributed by atoms with Crippen LogP contribution in [0, 0.1) is 5.92 Å². The first-order valence-electron chi connectivity index (χ1n) is 13.0. The van der Waals surface area contributed by atoms with E-state index in [1.807, 2.05) is 0 Å². The number of hydrogen-bond acceptors (Lipinski definition) is 1. The van der Waals surface area contributed by atoms with Crippen LogP contribution in [0.5, 0.6) is 0 Å². The lowest BCUT2D eigenvalue weighted by Crippen LogP contribution is -2.23. The summed E-state index contributed by atoms with van der Waals surface area (Å²) in [6.07, 6.45) is 29.0. The Morgan fingerprint density at radius 2 is 0.750 bits per heavy atom. The molecule has 28 heavy (non-hydrogen) atoms. The number of amides is 1. The third kappa shape index (κ3) is 20.2. The fourth-order valence-corrected chi connectivity index (χ4v) is 4.19. The highest BCUT2D eigenvalue weighted by atomic mass is 16.1. The molecule has 2 nitrogen and oxygen atoms in total. The number of nitrogens with two attached hydrogens (primary N) is 1. The van der Waals surface area contributed by atoms with Gasteiger partial charge in [0.25, 0.3) is 0 Å². The lowest BCUT2D eigenvalue weighted by atomic mass is 9.93. The molecule has 0 aromatic heterocycles. The summed E-state index contributed by atoms with van der Waals surface area (Å²) in [4.78, 5) is 11.7. The van der Waals surface area contributed by atoms with Gasteiger partial charge in [0.15, 0.2) is 0 Å². The summed E-state index contributed by atoms with van der Waals surface area (Å²) < 4.78 is 0. The smallest absolute Gasteiger partial charge is 0.220 e. The molecule has 0 radical (unpaired) electrons. The van der Waals surface area contributed by atoms with Crippen molar-refractivity contribution in [2.75, 3.05) is 0 Å². The van der Waals surface area contributed by atoms with Gasteiger partial charge < -0.3 is 5.73 Å². The third-order valence-corrected chi connectivity index (χ3v) is 6.21. The topological polar surface area (TPSA) is 43.1 Å². The van der Waals surface area contributed by atoms with Crippen LogP contribution in [0.2, 0.25) is 0 Å². The number of hydrogen-bond donors (Lipinski definition) is 1. The summed E-state index contributed by atoms with van der Waals surface area (Å²) in [6.45, 7) is 4.55. The maximum atomic E-state index is 11.7. The Hall–Kier alpha value is -0.530. The molecule has 0 atom stereocenters. The Bertz CT molecular complexity index is 292. The van der Waals surface area contributed by atoms with E-state index in [4.69, 9.17) is 5.73 Å². The Kier molecular flexibility index (Phi) is 22.3. The molecule has 2 heteroatoms. The van der Waals surface area contributed by atoms with Crippen molar-refractivity contribution in [2.45, 2.75) is 155 Å². The fourth-order valence-electron chi connectivity index (χ4n) is 4.19. The standard InChI is InChI=1S/C26H53NO/c1-3-5-7-9-11-13-15-17-19-21-23-25(26(27)28)24-22-20-18-16-14-12-10-8-6-4-2/h25H,3-24H2,1-2H3,(H2,27,28). The molecular formula is C26H53NO. The second-order valence-electron chi connectivity index (χ2n) is 9.04. The van der Waals surface area contributed by atoms with Gasteiger partial charge in [0.05, 0.1) is 0 Å². The molecule has 0 aliphatic carbocycles. The first kappa shape index (κ1) is 27.5. The summed E-state index contributed by atoms with van der Waals surface area (Å²) >= 11 is 0. The SMILES string of the molecule is CCCCCCCCCCCCC(CCCCCCCCCCCC)C(N)=O. The van der Waals surface area contributed by atoms with Crippen LogP contribution in [-0.2, 0) is 4.79 Å². The Morgan fingerprint density at radius 1 is 0.500 bits per heavy atom. The largest absolute Gasteiger partial charge is 0.369 e. The van der Waals surface area contributed by atoms with E-state index < -0.39 is 0 Å². The second-order valence-corrected chi connectivity index (χ2v) is 9.04. The lowest BCUT2D eigenvalue weighted by molar-refractivity contribution is -0.122. The second kappa shape index (κ2) is 22.8. The van der Waals surface area contributed by atoms with Crippen molar-refractivity contribution in [3.8, 4) is 0 Å². The zero-order valence-corrected chi connectivity index (χ0v) is 19.6. The minimum Gasteiger partial charge on any atom is -0.369 e. The van der Waals surface area contributed by atoms with Crippen LogP contribution in [0.4, 0.5) is 0 Å². The highest BCUT2D eigenvalue weighted by Gasteiger charge is 2.14. The van der Waals surface area contributed by atoms with Gasteiger partial charge in [-0.05, 0) is 12.8 Å². The van der Waals surface area contributed by atoms with Crippen LogP contribution in [0.1, 0.15) is 155 Å². The van der Waals surface area contributed by atoms with E-state index in [1.54, 1.807) is 0 Å². The molecule has 168 valence electrons. The average Bonchev–Trinajstić information content (AvgIpc) is 2.68. The van der Waals surface area contributed by atoms with Crippen LogP contribution in [-0.4, -0.2) is 5.91 Å². The van der Waals surface area contributed by atoms with Gasteiger partial charge in [0.1, 0.15) is 0 Å². The van der Waals surface area contributed by atoms with Crippen LogP contribution in [0.15, 0.2) is 0 Å². The summed E-state index contributed by atoms with van der Waals surface area (Å²) in [6, 6.07) is 0. The summed E-state index contributed by atoms with van der Waals surface area (Å²) in [7, 11) is 0. The summed E-state index contributed by atoms with van der Waals surface area (Å²) in [5.74, 6) is 0.0648. The van der Waals surface area contributed by atoms with Gasteiger partial charge in [-0.25, -0.2) is 0 Å². The van der Waals surface area contributed by atoms with Crippen molar-refractivity contribution < 1.29 is 4.79 Å². The highest BCUT2D eigenvalue weighted by Crippen LogP contribution is 2.19. The normalized spacial score (nSPS) is 11.4. The van der Waals surface area contributed by atoms with Crippen molar-refractivity contribution in [1.82, 2.24) is 0 Å². The molecule has 2 N–H and O–H groups in total. The quantitative estimate of drug-likeness (QED) is 0.173. The Morgan fingerprint density at radius 3 is 1.00 bits per heavy atom. The van der Waals surface area contributed by atoms with Gasteiger partial charge in [0, 0.05) is 5.92 Å². The molecule has 0 spiro atoms. The number of carbonyl (C=O) groups excluding carboxylic acids is 1. The molecule has 0 rings (SSSR count). The predicted molar refractivity (Wildman–Crippen MR) is 126 cm³/mol. The van der Waals surface area contributed by atoms with Gasteiger partial charge in [-0.3, -0.25) is 4.79 Å². The molecule has 0 aromatic carbocycles. The van der Waals surface area contributed by atoms with E-state index >= 15 is 0 Å². The molecule has 0 aliphatic heterocycles.